The van der Waals surface area contributed by atoms with E-state index in [-0.39, 0.29) is 0 Å². The smallest absolute Gasteiger partial charge is 0.188 e. The van der Waals surface area contributed by atoms with E-state index in [0.29, 0.717) is 11.9 Å². The Balaban J connectivity index is 1.65. The zero-order valence-corrected chi connectivity index (χ0v) is 12.3. The van der Waals surface area contributed by atoms with Crippen LogP contribution in [0.25, 0.3) is 10.8 Å². The van der Waals surface area contributed by atoms with Crippen molar-refractivity contribution in [2.24, 2.45) is 0 Å². The van der Waals surface area contributed by atoms with Crippen LogP contribution in [-0.2, 0) is 11.3 Å². The Morgan fingerprint density at radius 3 is 3.05 bits per heavy atom. The van der Waals surface area contributed by atoms with Crippen molar-refractivity contribution in [3.63, 3.8) is 0 Å². The summed E-state index contributed by atoms with van der Waals surface area (Å²) in [5.74, 6) is 0.706. The van der Waals surface area contributed by atoms with E-state index >= 15 is 0 Å². The SMILES string of the molecule is CCC1CN(Cc2csc(-c3ncccn3)n2)CCO1. The van der Waals surface area contributed by atoms with Gasteiger partial charge in [0.05, 0.1) is 18.4 Å². The Kier molecular flexibility index (Phi) is 4.34. The lowest BCUT2D eigenvalue weighted by Gasteiger charge is -2.31. The van der Waals surface area contributed by atoms with Gasteiger partial charge in [-0.25, -0.2) is 15.0 Å². The van der Waals surface area contributed by atoms with Gasteiger partial charge in [0.25, 0.3) is 0 Å². The number of morpholine rings is 1. The molecular formula is C14H18N4OS. The molecule has 3 rings (SSSR count). The maximum absolute atomic E-state index is 5.69. The molecule has 2 aromatic rings. The van der Waals surface area contributed by atoms with E-state index in [1.807, 2.05) is 6.07 Å². The fraction of sp³-hybridized carbons (Fsp3) is 0.500. The third-order valence-corrected chi connectivity index (χ3v) is 4.26. The summed E-state index contributed by atoms with van der Waals surface area (Å²) in [6.07, 6.45) is 4.92. The predicted octanol–water partition coefficient (Wildman–Crippen LogP) is 2.21. The van der Waals surface area contributed by atoms with E-state index in [9.17, 15) is 0 Å². The minimum atomic E-state index is 0.360. The summed E-state index contributed by atoms with van der Waals surface area (Å²) < 4.78 is 5.69. The Morgan fingerprint density at radius 1 is 1.40 bits per heavy atom. The molecule has 5 nitrogen and oxygen atoms in total. The maximum atomic E-state index is 5.69. The number of thiazole rings is 1. The molecule has 1 unspecified atom stereocenters. The molecule has 0 amide bonds. The molecule has 0 saturated carbocycles. The minimum Gasteiger partial charge on any atom is -0.376 e. The van der Waals surface area contributed by atoms with E-state index in [0.717, 1.165) is 43.4 Å². The Hall–Kier alpha value is -1.37. The van der Waals surface area contributed by atoms with Crippen molar-refractivity contribution in [2.75, 3.05) is 19.7 Å². The van der Waals surface area contributed by atoms with Gasteiger partial charge in [0.1, 0.15) is 0 Å². The summed E-state index contributed by atoms with van der Waals surface area (Å²) >= 11 is 1.60. The number of hydrogen-bond acceptors (Lipinski definition) is 6. The fourth-order valence-corrected chi connectivity index (χ4v) is 3.05. The molecule has 2 aromatic heterocycles. The van der Waals surface area contributed by atoms with E-state index in [2.05, 4.69) is 32.2 Å². The van der Waals surface area contributed by atoms with Gasteiger partial charge in [-0.05, 0) is 12.5 Å². The first-order valence-corrected chi connectivity index (χ1v) is 7.79. The first kappa shape index (κ1) is 13.6. The number of rotatable bonds is 4. The minimum absolute atomic E-state index is 0.360. The van der Waals surface area contributed by atoms with Crippen LogP contribution in [0, 0.1) is 0 Å². The van der Waals surface area contributed by atoms with Crippen LogP contribution in [0.15, 0.2) is 23.8 Å². The molecule has 6 heteroatoms. The highest BCUT2D eigenvalue weighted by atomic mass is 32.1. The van der Waals surface area contributed by atoms with Gasteiger partial charge in [-0.2, -0.15) is 0 Å². The van der Waals surface area contributed by atoms with Gasteiger partial charge >= 0.3 is 0 Å². The summed E-state index contributed by atoms with van der Waals surface area (Å²) in [4.78, 5) is 15.5. The molecule has 106 valence electrons. The lowest BCUT2D eigenvalue weighted by molar-refractivity contribution is -0.0327. The van der Waals surface area contributed by atoms with Crippen LogP contribution in [-0.4, -0.2) is 45.7 Å². The van der Waals surface area contributed by atoms with Gasteiger partial charge in [0.2, 0.25) is 0 Å². The monoisotopic (exact) mass is 290 g/mol. The number of ether oxygens (including phenoxy) is 1. The van der Waals surface area contributed by atoms with Gasteiger partial charge in [-0.15, -0.1) is 11.3 Å². The summed E-state index contributed by atoms with van der Waals surface area (Å²) in [7, 11) is 0. The molecule has 0 aromatic carbocycles. The second kappa shape index (κ2) is 6.39. The zero-order valence-electron chi connectivity index (χ0n) is 11.5. The van der Waals surface area contributed by atoms with E-state index < -0.39 is 0 Å². The molecule has 1 fully saturated rings. The predicted molar refractivity (Wildman–Crippen MR) is 78.4 cm³/mol. The molecule has 0 bridgehead atoms. The van der Waals surface area contributed by atoms with E-state index in [1.54, 1.807) is 23.7 Å². The van der Waals surface area contributed by atoms with Crippen LogP contribution in [0.1, 0.15) is 19.0 Å². The molecule has 0 radical (unpaired) electrons. The van der Waals surface area contributed by atoms with Gasteiger partial charge in [0, 0.05) is 37.4 Å². The Bertz CT molecular complexity index is 545. The van der Waals surface area contributed by atoms with Gasteiger partial charge < -0.3 is 4.74 Å². The molecule has 0 spiro atoms. The van der Waals surface area contributed by atoms with Crippen molar-refractivity contribution in [2.45, 2.75) is 26.0 Å². The maximum Gasteiger partial charge on any atom is 0.188 e. The Morgan fingerprint density at radius 2 is 2.25 bits per heavy atom. The largest absolute Gasteiger partial charge is 0.376 e. The van der Waals surface area contributed by atoms with Gasteiger partial charge in [-0.3, -0.25) is 4.90 Å². The van der Waals surface area contributed by atoms with E-state index in [1.165, 1.54) is 0 Å². The van der Waals surface area contributed by atoms with Crippen LogP contribution < -0.4 is 0 Å². The van der Waals surface area contributed by atoms with Crippen LogP contribution in [0.5, 0.6) is 0 Å². The van der Waals surface area contributed by atoms with Crippen molar-refractivity contribution in [1.29, 1.82) is 0 Å². The standard InChI is InChI=1S/C14H18N4OS/c1-2-12-9-18(6-7-19-12)8-11-10-20-14(17-11)13-15-4-3-5-16-13/h3-5,10,12H,2,6-9H2,1H3. The third kappa shape index (κ3) is 3.20. The quantitative estimate of drug-likeness (QED) is 0.864. The molecule has 20 heavy (non-hydrogen) atoms. The highest BCUT2D eigenvalue weighted by molar-refractivity contribution is 7.13. The van der Waals surface area contributed by atoms with E-state index in [4.69, 9.17) is 4.74 Å². The lowest BCUT2D eigenvalue weighted by atomic mass is 10.2. The zero-order chi connectivity index (χ0) is 13.8. The highest BCUT2D eigenvalue weighted by Crippen LogP contribution is 2.21. The summed E-state index contributed by atoms with van der Waals surface area (Å²) in [5.41, 5.74) is 1.09. The number of hydrogen-bond donors (Lipinski definition) is 0. The van der Waals surface area contributed by atoms with Crippen LogP contribution in [0.3, 0.4) is 0 Å². The molecule has 0 aliphatic carbocycles. The second-order valence-electron chi connectivity index (χ2n) is 4.85. The first-order valence-electron chi connectivity index (χ1n) is 6.91. The molecular weight excluding hydrogens is 272 g/mol. The number of nitrogens with zero attached hydrogens (tertiary/aromatic N) is 4. The van der Waals surface area contributed by atoms with Crippen LogP contribution in [0.2, 0.25) is 0 Å². The average Bonchev–Trinajstić information content (AvgIpc) is 2.97. The molecule has 3 heterocycles. The first-order chi connectivity index (χ1) is 9.85. The third-order valence-electron chi connectivity index (χ3n) is 3.37. The van der Waals surface area contributed by atoms with Crippen LogP contribution >= 0.6 is 11.3 Å². The van der Waals surface area contributed by atoms with Crippen molar-refractivity contribution >= 4 is 11.3 Å². The van der Waals surface area contributed by atoms with Gasteiger partial charge in [-0.1, -0.05) is 6.92 Å². The van der Waals surface area contributed by atoms with Crippen LogP contribution in [0.4, 0.5) is 0 Å². The van der Waals surface area contributed by atoms with Gasteiger partial charge in [0.15, 0.2) is 10.8 Å². The molecule has 1 aliphatic heterocycles. The second-order valence-corrected chi connectivity index (χ2v) is 5.71. The average molecular weight is 290 g/mol. The van der Waals surface area contributed by atoms with Crippen molar-refractivity contribution in [3.05, 3.63) is 29.5 Å². The normalized spacial score (nSPS) is 20.1. The molecule has 0 N–H and O–H groups in total. The summed E-state index contributed by atoms with van der Waals surface area (Å²) in [6.45, 7) is 5.83. The molecule has 1 atom stereocenters. The molecule has 1 aliphatic rings. The van der Waals surface area contributed by atoms with Crippen molar-refractivity contribution in [3.8, 4) is 10.8 Å². The summed E-state index contributed by atoms with van der Waals surface area (Å²) in [6, 6.07) is 1.82. The summed E-state index contributed by atoms with van der Waals surface area (Å²) in [5, 5.41) is 2.99. The number of aromatic nitrogens is 3. The fourth-order valence-electron chi connectivity index (χ4n) is 2.29. The van der Waals surface area contributed by atoms with Crippen molar-refractivity contribution in [1.82, 2.24) is 19.9 Å². The topological polar surface area (TPSA) is 51.1 Å². The van der Waals surface area contributed by atoms with Crippen molar-refractivity contribution < 1.29 is 4.74 Å². The highest BCUT2D eigenvalue weighted by Gasteiger charge is 2.19. The lowest BCUT2D eigenvalue weighted by Crippen LogP contribution is -2.41. The Labute approximate surface area is 122 Å². The molecule has 1 saturated heterocycles.